The number of aryl methyl sites for hydroxylation is 2. The number of nitrogens with zero attached hydrogens (tertiary/aromatic N) is 1. The Bertz CT molecular complexity index is 788. The van der Waals surface area contributed by atoms with Crippen LogP contribution in [0.1, 0.15) is 47.7 Å². The van der Waals surface area contributed by atoms with Gasteiger partial charge in [-0.15, -0.1) is 0 Å². The zero-order valence-electron chi connectivity index (χ0n) is 14.7. The molecule has 0 bridgehead atoms. The molecule has 1 aromatic carbocycles. The van der Waals surface area contributed by atoms with Gasteiger partial charge in [0, 0.05) is 12.2 Å². The van der Waals surface area contributed by atoms with Crippen molar-refractivity contribution in [3.05, 3.63) is 28.8 Å². The molecule has 1 amide bonds. The van der Waals surface area contributed by atoms with Gasteiger partial charge in [-0.25, -0.2) is 13.2 Å². The van der Waals surface area contributed by atoms with Crippen LogP contribution < -0.4 is 5.32 Å². The fourth-order valence-corrected chi connectivity index (χ4v) is 4.89. The van der Waals surface area contributed by atoms with E-state index in [1.165, 1.54) is 10.4 Å². The van der Waals surface area contributed by atoms with Crippen LogP contribution >= 0.6 is 0 Å². The van der Waals surface area contributed by atoms with Crippen LogP contribution in [0.2, 0.25) is 0 Å². The zero-order chi connectivity index (χ0) is 18.8. The fraction of sp³-hybridized carbons (Fsp3) is 0.529. The van der Waals surface area contributed by atoms with Crippen molar-refractivity contribution in [1.29, 1.82) is 0 Å². The third-order valence-electron chi connectivity index (χ3n) is 4.39. The molecule has 138 valence electrons. The van der Waals surface area contributed by atoms with Gasteiger partial charge in [0.25, 0.3) is 0 Å². The second-order valence-electron chi connectivity index (χ2n) is 6.36. The summed E-state index contributed by atoms with van der Waals surface area (Å²) in [5, 5.41) is 11.9. The Hall–Kier alpha value is -1.93. The highest BCUT2D eigenvalue weighted by molar-refractivity contribution is 7.89. The summed E-state index contributed by atoms with van der Waals surface area (Å²) in [5.41, 5.74) is 1.85. The van der Waals surface area contributed by atoms with Crippen LogP contribution in [0.3, 0.4) is 0 Å². The lowest BCUT2D eigenvalue weighted by Gasteiger charge is -2.23. The van der Waals surface area contributed by atoms with Crippen LogP contribution in [-0.2, 0) is 14.8 Å². The fourth-order valence-electron chi connectivity index (χ4n) is 3.14. The van der Waals surface area contributed by atoms with E-state index in [0.717, 1.165) is 5.56 Å². The van der Waals surface area contributed by atoms with E-state index < -0.39 is 27.9 Å². The standard InChI is InChI=1S/C17H24N2O5S/c1-4-8-25(23,24)19-7-5-6-15(19)16(20)18-14-10-13(17(21)22)11(2)9-12(14)3/h9-10,15H,4-8H2,1-3H3,(H,18,20)(H,21,22). The molecule has 0 aliphatic carbocycles. The van der Waals surface area contributed by atoms with Gasteiger partial charge in [-0.2, -0.15) is 4.31 Å². The van der Waals surface area contributed by atoms with E-state index in [-0.39, 0.29) is 11.3 Å². The number of hydrogen-bond donors (Lipinski definition) is 2. The number of carboxylic acids is 1. The molecule has 1 heterocycles. The Balaban J connectivity index is 2.25. The molecule has 1 atom stereocenters. The first-order valence-corrected chi connectivity index (χ1v) is 9.93. The summed E-state index contributed by atoms with van der Waals surface area (Å²) in [6.07, 6.45) is 1.59. The minimum Gasteiger partial charge on any atom is -0.478 e. The molecule has 1 aromatic rings. The van der Waals surface area contributed by atoms with E-state index in [0.29, 0.717) is 37.1 Å². The monoisotopic (exact) mass is 368 g/mol. The van der Waals surface area contributed by atoms with Gasteiger partial charge < -0.3 is 10.4 Å². The van der Waals surface area contributed by atoms with Gasteiger partial charge in [0.2, 0.25) is 15.9 Å². The van der Waals surface area contributed by atoms with E-state index in [9.17, 15) is 23.1 Å². The van der Waals surface area contributed by atoms with Crippen molar-refractivity contribution in [3.63, 3.8) is 0 Å². The maximum Gasteiger partial charge on any atom is 0.336 e. The molecule has 1 aliphatic rings. The highest BCUT2D eigenvalue weighted by Gasteiger charge is 2.38. The smallest absolute Gasteiger partial charge is 0.336 e. The van der Waals surface area contributed by atoms with Crippen LogP contribution in [0.25, 0.3) is 0 Å². The molecule has 1 fully saturated rings. The molecule has 7 nitrogen and oxygen atoms in total. The third-order valence-corrected chi connectivity index (χ3v) is 6.46. The first kappa shape index (κ1) is 19.4. The number of sulfonamides is 1. The normalized spacial score (nSPS) is 18.3. The SMILES string of the molecule is CCCS(=O)(=O)N1CCCC1C(=O)Nc1cc(C(=O)O)c(C)cc1C. The number of carbonyl (C=O) groups is 2. The maximum atomic E-state index is 12.6. The first-order valence-electron chi connectivity index (χ1n) is 8.32. The average molecular weight is 368 g/mol. The molecule has 25 heavy (non-hydrogen) atoms. The molecular weight excluding hydrogens is 344 g/mol. The summed E-state index contributed by atoms with van der Waals surface area (Å²) in [5.74, 6) is -1.47. The molecule has 0 spiro atoms. The maximum absolute atomic E-state index is 12.6. The van der Waals surface area contributed by atoms with Crippen molar-refractivity contribution in [2.75, 3.05) is 17.6 Å². The molecule has 0 aromatic heterocycles. The lowest BCUT2D eigenvalue weighted by atomic mass is 10.0. The van der Waals surface area contributed by atoms with Crippen molar-refractivity contribution in [2.24, 2.45) is 0 Å². The second-order valence-corrected chi connectivity index (χ2v) is 8.40. The minimum atomic E-state index is -3.46. The van der Waals surface area contributed by atoms with E-state index >= 15 is 0 Å². The van der Waals surface area contributed by atoms with Gasteiger partial charge in [0.1, 0.15) is 6.04 Å². The van der Waals surface area contributed by atoms with Crippen molar-refractivity contribution in [3.8, 4) is 0 Å². The van der Waals surface area contributed by atoms with Crippen LogP contribution in [0.15, 0.2) is 12.1 Å². The molecule has 1 unspecified atom stereocenters. The van der Waals surface area contributed by atoms with Crippen molar-refractivity contribution in [2.45, 2.75) is 46.1 Å². The topological polar surface area (TPSA) is 104 Å². The summed E-state index contributed by atoms with van der Waals surface area (Å²) in [6.45, 7) is 5.59. The van der Waals surface area contributed by atoms with Gasteiger partial charge >= 0.3 is 5.97 Å². The van der Waals surface area contributed by atoms with Crippen LogP contribution in [0.4, 0.5) is 5.69 Å². The third kappa shape index (κ3) is 4.19. The summed E-state index contributed by atoms with van der Waals surface area (Å²) in [4.78, 5) is 23.9. The molecule has 1 saturated heterocycles. The zero-order valence-corrected chi connectivity index (χ0v) is 15.5. The first-order chi connectivity index (χ1) is 11.7. The lowest BCUT2D eigenvalue weighted by molar-refractivity contribution is -0.119. The molecule has 2 N–H and O–H groups in total. The van der Waals surface area contributed by atoms with E-state index in [4.69, 9.17) is 0 Å². The predicted molar refractivity (Wildman–Crippen MR) is 95.3 cm³/mol. The highest BCUT2D eigenvalue weighted by atomic mass is 32.2. The quantitative estimate of drug-likeness (QED) is 0.801. The van der Waals surface area contributed by atoms with Crippen LogP contribution in [0, 0.1) is 13.8 Å². The number of carboxylic acid groups (broad SMARTS) is 1. The Morgan fingerprint density at radius 1 is 1.28 bits per heavy atom. The van der Waals surface area contributed by atoms with E-state index in [1.807, 2.05) is 0 Å². The van der Waals surface area contributed by atoms with Crippen LogP contribution in [0.5, 0.6) is 0 Å². The predicted octanol–water partition coefficient (Wildman–Crippen LogP) is 2.14. The van der Waals surface area contributed by atoms with E-state index in [2.05, 4.69) is 5.32 Å². The summed E-state index contributed by atoms with van der Waals surface area (Å²) < 4.78 is 25.9. The molecule has 0 saturated carbocycles. The highest BCUT2D eigenvalue weighted by Crippen LogP contribution is 2.25. The number of nitrogens with one attached hydrogen (secondary N) is 1. The van der Waals surface area contributed by atoms with Crippen molar-refractivity contribution >= 4 is 27.6 Å². The Morgan fingerprint density at radius 3 is 2.56 bits per heavy atom. The molecular formula is C17H24N2O5S. The van der Waals surface area contributed by atoms with Gasteiger partial charge in [-0.05, 0) is 50.3 Å². The Labute approximate surface area is 148 Å². The number of hydrogen-bond acceptors (Lipinski definition) is 4. The number of anilines is 1. The number of carbonyl (C=O) groups excluding carboxylic acids is 1. The van der Waals surface area contributed by atoms with Gasteiger partial charge in [0.15, 0.2) is 0 Å². The molecule has 0 radical (unpaired) electrons. The summed E-state index contributed by atoms with van der Waals surface area (Å²) >= 11 is 0. The van der Waals surface area contributed by atoms with Crippen molar-refractivity contribution < 1.29 is 23.1 Å². The number of aromatic carboxylic acids is 1. The molecule has 2 rings (SSSR count). The molecule has 8 heteroatoms. The second kappa shape index (κ2) is 7.53. The van der Waals surface area contributed by atoms with Gasteiger partial charge in [-0.3, -0.25) is 4.79 Å². The van der Waals surface area contributed by atoms with Crippen LogP contribution in [-0.4, -0.2) is 48.0 Å². The largest absolute Gasteiger partial charge is 0.478 e. The number of benzene rings is 1. The number of rotatable bonds is 6. The minimum absolute atomic E-state index is 0.0174. The Kier molecular flexibility index (Phi) is 5.84. The Morgan fingerprint density at radius 2 is 1.96 bits per heavy atom. The van der Waals surface area contributed by atoms with E-state index in [1.54, 1.807) is 26.8 Å². The summed E-state index contributed by atoms with van der Waals surface area (Å²) in [6, 6.07) is 2.37. The lowest BCUT2D eigenvalue weighted by Crippen LogP contribution is -2.44. The molecule has 1 aliphatic heterocycles. The van der Waals surface area contributed by atoms with Gasteiger partial charge in [0.05, 0.1) is 11.3 Å². The van der Waals surface area contributed by atoms with Crippen molar-refractivity contribution in [1.82, 2.24) is 4.31 Å². The summed E-state index contributed by atoms with van der Waals surface area (Å²) in [7, 11) is -3.46. The number of amides is 1. The van der Waals surface area contributed by atoms with Gasteiger partial charge in [-0.1, -0.05) is 13.0 Å². The average Bonchev–Trinajstić information content (AvgIpc) is 3.00.